The van der Waals surface area contributed by atoms with Crippen molar-refractivity contribution >= 4 is 27.2 Å². The third-order valence-electron chi connectivity index (χ3n) is 4.60. The van der Waals surface area contributed by atoms with Crippen LogP contribution in [0.2, 0.25) is 0 Å². The Kier molecular flexibility index (Phi) is 3.61. The van der Waals surface area contributed by atoms with E-state index in [1.807, 2.05) is 37.3 Å². The van der Waals surface area contributed by atoms with Crippen LogP contribution < -0.4 is 5.69 Å². The first kappa shape index (κ1) is 15.9. The molecule has 0 fully saturated rings. The minimum Gasteiger partial charge on any atom is -0.283 e. The molecule has 0 saturated heterocycles. The van der Waals surface area contributed by atoms with Crippen molar-refractivity contribution in [2.45, 2.75) is 13.5 Å². The highest BCUT2D eigenvalue weighted by Gasteiger charge is 2.20. The van der Waals surface area contributed by atoms with E-state index in [1.165, 1.54) is 4.52 Å². The van der Waals surface area contributed by atoms with E-state index in [-0.39, 0.29) is 5.69 Å². The number of aryl methyl sites for hydroxylation is 1. The molecule has 5 aromatic rings. The fraction of sp³-hybridized carbons (Fsp3) is 0.100. The summed E-state index contributed by atoms with van der Waals surface area (Å²) in [6, 6.07) is 13.8. The van der Waals surface area contributed by atoms with Gasteiger partial charge in [-0.25, -0.2) is 9.78 Å². The van der Waals surface area contributed by atoms with Crippen molar-refractivity contribution in [3.05, 3.63) is 70.7 Å². The lowest BCUT2D eigenvalue weighted by Crippen LogP contribution is -2.26. The molecule has 132 valence electrons. The summed E-state index contributed by atoms with van der Waals surface area (Å²) >= 11 is 1.57. The molecule has 0 spiro atoms. The number of aromatic nitrogens is 5. The van der Waals surface area contributed by atoms with Crippen molar-refractivity contribution in [1.82, 2.24) is 24.1 Å². The molecule has 0 radical (unpaired) electrons. The predicted octanol–water partition coefficient (Wildman–Crippen LogP) is 3.85. The maximum atomic E-state index is 13.0. The van der Waals surface area contributed by atoms with Crippen LogP contribution in [0.5, 0.6) is 0 Å². The van der Waals surface area contributed by atoms with E-state index >= 15 is 0 Å². The molecule has 0 aliphatic rings. The van der Waals surface area contributed by atoms with Gasteiger partial charge in [0.2, 0.25) is 0 Å². The van der Waals surface area contributed by atoms with Crippen molar-refractivity contribution in [3.8, 4) is 22.5 Å². The molecule has 4 aromatic heterocycles. The first-order chi connectivity index (χ1) is 13.3. The van der Waals surface area contributed by atoms with Crippen LogP contribution in [0.1, 0.15) is 6.92 Å². The van der Waals surface area contributed by atoms with Crippen molar-refractivity contribution < 1.29 is 0 Å². The van der Waals surface area contributed by atoms with Crippen LogP contribution in [0.3, 0.4) is 0 Å². The topological polar surface area (TPSA) is 65.1 Å². The number of nitrogens with zero attached hydrogens (tertiary/aromatic N) is 5. The van der Waals surface area contributed by atoms with Crippen LogP contribution in [-0.4, -0.2) is 24.1 Å². The molecule has 27 heavy (non-hydrogen) atoms. The zero-order chi connectivity index (χ0) is 18.4. The third kappa shape index (κ3) is 2.39. The van der Waals surface area contributed by atoms with Gasteiger partial charge < -0.3 is 0 Å². The molecule has 0 aliphatic carbocycles. The van der Waals surface area contributed by atoms with Crippen molar-refractivity contribution in [3.63, 3.8) is 0 Å². The molecule has 0 atom stereocenters. The smallest absolute Gasteiger partial charge is 0.283 e. The summed E-state index contributed by atoms with van der Waals surface area (Å²) in [5.41, 5.74) is 3.42. The normalized spacial score (nSPS) is 11.4. The van der Waals surface area contributed by atoms with Crippen molar-refractivity contribution in [1.29, 1.82) is 0 Å². The highest BCUT2D eigenvalue weighted by Crippen LogP contribution is 2.35. The van der Waals surface area contributed by atoms with Crippen LogP contribution in [0.4, 0.5) is 0 Å². The van der Waals surface area contributed by atoms with Gasteiger partial charge in [0, 0.05) is 35.4 Å². The monoisotopic (exact) mass is 373 g/mol. The Morgan fingerprint density at radius 1 is 1.04 bits per heavy atom. The van der Waals surface area contributed by atoms with Crippen LogP contribution in [0, 0.1) is 0 Å². The molecule has 0 saturated carbocycles. The van der Waals surface area contributed by atoms with Crippen LogP contribution >= 0.6 is 11.3 Å². The van der Waals surface area contributed by atoms with Gasteiger partial charge in [-0.15, -0.1) is 16.4 Å². The van der Waals surface area contributed by atoms with Crippen molar-refractivity contribution in [2.24, 2.45) is 0 Å². The first-order valence-corrected chi connectivity index (χ1v) is 9.52. The maximum absolute atomic E-state index is 13.0. The quantitative estimate of drug-likeness (QED) is 0.482. The summed E-state index contributed by atoms with van der Waals surface area (Å²) in [4.78, 5) is 22.7. The standard InChI is InChI=1S/C20H15N5OS/c1-2-24-19-16(15(12-27-19)13-6-4-3-5-7-13)18-22-17(23-25(18)20(24)26)14-8-10-21-11-9-14/h3-12H,2H2,1H3. The number of rotatable bonds is 3. The summed E-state index contributed by atoms with van der Waals surface area (Å²) in [5.74, 6) is 0.523. The molecule has 6 nitrogen and oxygen atoms in total. The molecular formula is C20H15N5OS. The third-order valence-corrected chi connectivity index (χ3v) is 5.60. The Morgan fingerprint density at radius 3 is 2.56 bits per heavy atom. The molecular weight excluding hydrogens is 358 g/mol. The Labute approximate surface area is 158 Å². The minimum atomic E-state index is -0.172. The molecule has 1 aromatic carbocycles. The van der Waals surface area contributed by atoms with E-state index in [1.54, 1.807) is 28.3 Å². The summed E-state index contributed by atoms with van der Waals surface area (Å²) < 4.78 is 3.17. The van der Waals surface area contributed by atoms with Gasteiger partial charge >= 0.3 is 5.69 Å². The average molecular weight is 373 g/mol. The van der Waals surface area contributed by atoms with E-state index in [0.717, 1.165) is 26.9 Å². The minimum absolute atomic E-state index is 0.172. The largest absolute Gasteiger partial charge is 0.351 e. The highest BCUT2D eigenvalue weighted by molar-refractivity contribution is 7.17. The SMILES string of the molecule is CCn1c(=O)n2nc(-c3ccncc3)nc2c2c(-c3ccccc3)csc21. The van der Waals surface area contributed by atoms with Crippen LogP contribution in [0.15, 0.2) is 65.0 Å². The van der Waals surface area contributed by atoms with Gasteiger partial charge in [0.1, 0.15) is 4.83 Å². The molecule has 7 heteroatoms. The van der Waals surface area contributed by atoms with Crippen molar-refractivity contribution in [2.75, 3.05) is 0 Å². The van der Waals surface area contributed by atoms with Gasteiger partial charge in [-0.2, -0.15) is 4.52 Å². The van der Waals surface area contributed by atoms with E-state index in [4.69, 9.17) is 4.98 Å². The Hall–Kier alpha value is -3.32. The number of pyridine rings is 1. The van der Waals surface area contributed by atoms with E-state index in [2.05, 4.69) is 27.6 Å². The fourth-order valence-corrected chi connectivity index (χ4v) is 4.44. The number of hydrogen-bond donors (Lipinski definition) is 0. The second-order valence-electron chi connectivity index (χ2n) is 6.13. The molecule has 0 unspecified atom stereocenters. The average Bonchev–Trinajstić information content (AvgIpc) is 3.35. The number of benzene rings is 1. The van der Waals surface area contributed by atoms with E-state index in [9.17, 15) is 4.79 Å². The Balaban J connectivity index is 1.91. The van der Waals surface area contributed by atoms with E-state index in [0.29, 0.717) is 18.0 Å². The lowest BCUT2D eigenvalue weighted by molar-refractivity contribution is 0.698. The van der Waals surface area contributed by atoms with E-state index < -0.39 is 0 Å². The molecule has 0 amide bonds. The Bertz CT molecular complexity index is 1320. The lowest BCUT2D eigenvalue weighted by atomic mass is 10.1. The molecule has 0 N–H and O–H groups in total. The lowest BCUT2D eigenvalue weighted by Gasteiger charge is -2.06. The molecule has 5 rings (SSSR count). The summed E-state index contributed by atoms with van der Waals surface area (Å²) in [6.45, 7) is 2.54. The predicted molar refractivity (Wildman–Crippen MR) is 107 cm³/mol. The maximum Gasteiger partial charge on any atom is 0.351 e. The Morgan fingerprint density at radius 2 is 1.81 bits per heavy atom. The van der Waals surface area contributed by atoms with Gasteiger partial charge in [-0.1, -0.05) is 30.3 Å². The zero-order valence-corrected chi connectivity index (χ0v) is 15.3. The summed E-state index contributed by atoms with van der Waals surface area (Å²) in [5, 5.41) is 7.55. The highest BCUT2D eigenvalue weighted by atomic mass is 32.1. The summed E-state index contributed by atoms with van der Waals surface area (Å²) in [7, 11) is 0. The van der Waals surface area contributed by atoms with Gasteiger partial charge in [0.15, 0.2) is 11.5 Å². The first-order valence-electron chi connectivity index (χ1n) is 8.64. The van der Waals surface area contributed by atoms with Gasteiger partial charge in [-0.3, -0.25) is 9.55 Å². The second kappa shape index (κ2) is 6.14. The molecule has 0 bridgehead atoms. The second-order valence-corrected chi connectivity index (χ2v) is 6.99. The zero-order valence-electron chi connectivity index (χ0n) is 14.5. The fourth-order valence-electron chi connectivity index (χ4n) is 3.30. The van der Waals surface area contributed by atoms with Gasteiger partial charge in [0.05, 0.1) is 5.39 Å². The van der Waals surface area contributed by atoms with Gasteiger partial charge in [0.25, 0.3) is 0 Å². The number of fused-ring (bicyclic) bond motifs is 3. The number of hydrogen-bond acceptors (Lipinski definition) is 5. The van der Waals surface area contributed by atoms with Gasteiger partial charge in [-0.05, 0) is 24.6 Å². The molecule has 0 aliphatic heterocycles. The summed E-state index contributed by atoms with van der Waals surface area (Å²) in [6.07, 6.45) is 3.39. The molecule has 4 heterocycles. The van der Waals surface area contributed by atoms with Crippen LogP contribution in [0.25, 0.3) is 38.4 Å². The number of thiophene rings is 1. The van der Waals surface area contributed by atoms with Crippen LogP contribution in [-0.2, 0) is 6.54 Å².